The van der Waals surface area contributed by atoms with Crippen LogP contribution in [0.5, 0.6) is 0 Å². The quantitative estimate of drug-likeness (QED) is 0.638. The van der Waals surface area contributed by atoms with Gasteiger partial charge in [-0.25, -0.2) is 9.59 Å². The van der Waals surface area contributed by atoms with E-state index in [0.717, 1.165) is 5.56 Å². The fourth-order valence-corrected chi connectivity index (χ4v) is 2.58. The van der Waals surface area contributed by atoms with Crippen molar-refractivity contribution in [1.82, 2.24) is 0 Å². The van der Waals surface area contributed by atoms with E-state index in [1.165, 1.54) is 0 Å². The lowest BCUT2D eigenvalue weighted by Gasteiger charge is -2.37. The molecule has 0 bridgehead atoms. The summed E-state index contributed by atoms with van der Waals surface area (Å²) in [5.74, 6) is -2.14. The molecule has 1 aromatic carbocycles. The predicted octanol–water partition coefficient (Wildman–Crippen LogP) is 0.932. The Morgan fingerprint density at radius 3 is 2.48 bits per heavy atom. The molecule has 0 unspecified atom stereocenters. The molecule has 0 aromatic heterocycles. The Morgan fingerprint density at radius 2 is 1.80 bits per heavy atom. The van der Waals surface area contributed by atoms with Gasteiger partial charge in [0.25, 0.3) is 0 Å². The fourth-order valence-electron chi connectivity index (χ4n) is 2.58. The maximum absolute atomic E-state index is 10.8. The summed E-state index contributed by atoms with van der Waals surface area (Å²) in [6.07, 6.45) is -1.06. The fraction of sp³-hybridized carbons (Fsp3) is 0.529. The number of hydrogen-bond donors (Lipinski definition) is 2. The minimum Gasteiger partial charge on any atom is -0.480 e. The number of carbonyl (C=O) groups is 2. The lowest BCUT2D eigenvalue weighted by molar-refractivity contribution is -0.198. The Kier molecular flexibility index (Phi) is 7.80. The number of hydrogen-bond acceptors (Lipinski definition) is 6. The molecule has 0 saturated carbocycles. The molecule has 1 saturated heterocycles. The SMILES string of the molecule is O=C(O)COC[C@H]1OCC[C@@H](OCC(=O)O)[C@@H]1OCc1ccccc1. The van der Waals surface area contributed by atoms with Crippen molar-refractivity contribution in [3.63, 3.8) is 0 Å². The van der Waals surface area contributed by atoms with E-state index in [-0.39, 0.29) is 6.61 Å². The molecule has 1 aliphatic heterocycles. The lowest BCUT2D eigenvalue weighted by Crippen LogP contribution is -2.50. The summed E-state index contributed by atoms with van der Waals surface area (Å²) in [6.45, 7) is -0.184. The Bertz CT molecular complexity index is 547. The van der Waals surface area contributed by atoms with E-state index in [2.05, 4.69) is 0 Å². The Hall–Kier alpha value is -2.00. The Morgan fingerprint density at radius 1 is 1.08 bits per heavy atom. The molecule has 8 nitrogen and oxygen atoms in total. The summed E-state index contributed by atoms with van der Waals surface area (Å²) < 4.78 is 22.1. The van der Waals surface area contributed by atoms with Crippen LogP contribution < -0.4 is 0 Å². The van der Waals surface area contributed by atoms with Crippen LogP contribution in [0, 0.1) is 0 Å². The molecule has 1 fully saturated rings. The van der Waals surface area contributed by atoms with E-state index in [0.29, 0.717) is 19.6 Å². The maximum atomic E-state index is 10.8. The number of ether oxygens (including phenoxy) is 4. The van der Waals surface area contributed by atoms with E-state index >= 15 is 0 Å². The molecule has 0 spiro atoms. The van der Waals surface area contributed by atoms with Crippen LogP contribution in [0.1, 0.15) is 12.0 Å². The highest BCUT2D eigenvalue weighted by Crippen LogP contribution is 2.23. The van der Waals surface area contributed by atoms with Crippen molar-refractivity contribution in [3.05, 3.63) is 35.9 Å². The van der Waals surface area contributed by atoms with E-state index in [4.69, 9.17) is 29.2 Å². The topological polar surface area (TPSA) is 112 Å². The van der Waals surface area contributed by atoms with Crippen LogP contribution in [0.15, 0.2) is 30.3 Å². The number of carboxylic acids is 2. The number of benzene rings is 1. The molecule has 8 heteroatoms. The predicted molar refractivity (Wildman–Crippen MR) is 85.2 cm³/mol. The second-order valence-electron chi connectivity index (χ2n) is 5.61. The molecule has 1 aromatic rings. The van der Waals surface area contributed by atoms with Crippen LogP contribution in [0.25, 0.3) is 0 Å². The van der Waals surface area contributed by atoms with Crippen molar-refractivity contribution >= 4 is 11.9 Å². The van der Waals surface area contributed by atoms with Gasteiger partial charge in [0.1, 0.15) is 25.4 Å². The molecule has 0 amide bonds. The molecular weight excluding hydrogens is 332 g/mol. The summed E-state index contributed by atoms with van der Waals surface area (Å²) >= 11 is 0. The maximum Gasteiger partial charge on any atom is 0.329 e. The third-order valence-electron chi connectivity index (χ3n) is 3.68. The average Bonchev–Trinajstić information content (AvgIpc) is 2.59. The molecule has 2 rings (SSSR count). The third kappa shape index (κ3) is 6.79. The normalized spacial score (nSPS) is 23.3. The van der Waals surface area contributed by atoms with Gasteiger partial charge in [0.2, 0.25) is 0 Å². The second-order valence-corrected chi connectivity index (χ2v) is 5.61. The highest BCUT2D eigenvalue weighted by Gasteiger charge is 2.36. The lowest BCUT2D eigenvalue weighted by atomic mass is 10.0. The van der Waals surface area contributed by atoms with E-state index in [1.54, 1.807) is 0 Å². The van der Waals surface area contributed by atoms with Crippen LogP contribution in [-0.2, 0) is 35.1 Å². The summed E-state index contributed by atoms with van der Waals surface area (Å²) in [4.78, 5) is 21.4. The van der Waals surface area contributed by atoms with Gasteiger partial charge < -0.3 is 29.2 Å². The van der Waals surface area contributed by atoms with Gasteiger partial charge in [-0.1, -0.05) is 30.3 Å². The van der Waals surface area contributed by atoms with Crippen molar-refractivity contribution in [2.24, 2.45) is 0 Å². The van der Waals surface area contributed by atoms with Crippen LogP contribution in [0.2, 0.25) is 0 Å². The first-order valence-corrected chi connectivity index (χ1v) is 7.96. The molecule has 138 valence electrons. The van der Waals surface area contributed by atoms with Gasteiger partial charge in [0.15, 0.2) is 0 Å². The summed E-state index contributed by atoms with van der Waals surface area (Å²) in [7, 11) is 0. The molecule has 1 aliphatic rings. The van der Waals surface area contributed by atoms with Crippen molar-refractivity contribution in [2.45, 2.75) is 31.3 Å². The Balaban J connectivity index is 1.98. The van der Waals surface area contributed by atoms with Crippen molar-refractivity contribution in [1.29, 1.82) is 0 Å². The Labute approximate surface area is 145 Å². The molecular formula is C17H22O8. The van der Waals surface area contributed by atoms with Crippen molar-refractivity contribution in [3.8, 4) is 0 Å². The molecule has 2 N–H and O–H groups in total. The monoisotopic (exact) mass is 354 g/mol. The van der Waals surface area contributed by atoms with Gasteiger partial charge in [-0.15, -0.1) is 0 Å². The smallest absolute Gasteiger partial charge is 0.329 e. The number of aliphatic carboxylic acids is 2. The first kappa shape index (κ1) is 19.3. The zero-order valence-electron chi connectivity index (χ0n) is 13.7. The first-order chi connectivity index (χ1) is 12.1. The van der Waals surface area contributed by atoms with E-state index in [9.17, 15) is 9.59 Å². The zero-order valence-corrected chi connectivity index (χ0v) is 13.7. The van der Waals surface area contributed by atoms with Crippen LogP contribution in [0.3, 0.4) is 0 Å². The average molecular weight is 354 g/mol. The van der Waals surface area contributed by atoms with Crippen LogP contribution in [0.4, 0.5) is 0 Å². The standard InChI is InChI=1S/C17H22O8/c18-15(19)10-22-9-14-17(25-8-12-4-2-1-3-5-12)13(6-7-23-14)24-11-16(20)21/h1-5,13-14,17H,6-11H2,(H,18,19)(H,20,21)/t13-,14-,17+/m1/s1. The summed E-state index contributed by atoms with van der Waals surface area (Å²) in [5.41, 5.74) is 0.954. The van der Waals surface area contributed by atoms with Gasteiger partial charge in [0, 0.05) is 6.61 Å². The molecule has 1 heterocycles. The minimum absolute atomic E-state index is 0.0265. The third-order valence-corrected chi connectivity index (χ3v) is 3.68. The van der Waals surface area contributed by atoms with Gasteiger partial charge >= 0.3 is 11.9 Å². The van der Waals surface area contributed by atoms with Crippen molar-refractivity contribution < 1.29 is 38.7 Å². The van der Waals surface area contributed by atoms with Crippen molar-refractivity contribution in [2.75, 3.05) is 26.4 Å². The largest absolute Gasteiger partial charge is 0.480 e. The van der Waals surface area contributed by atoms with Gasteiger partial charge in [-0.3, -0.25) is 0 Å². The number of carboxylic acid groups (broad SMARTS) is 2. The highest BCUT2D eigenvalue weighted by molar-refractivity contribution is 5.68. The summed E-state index contributed by atoms with van der Waals surface area (Å²) in [6, 6.07) is 9.50. The molecule has 0 aliphatic carbocycles. The zero-order chi connectivity index (χ0) is 18.1. The van der Waals surface area contributed by atoms with Gasteiger partial charge in [-0.05, 0) is 12.0 Å². The molecule has 0 radical (unpaired) electrons. The van der Waals surface area contributed by atoms with Gasteiger partial charge in [0.05, 0.1) is 19.3 Å². The molecule has 25 heavy (non-hydrogen) atoms. The molecule has 3 atom stereocenters. The van der Waals surface area contributed by atoms with E-state index < -0.39 is 43.5 Å². The highest BCUT2D eigenvalue weighted by atomic mass is 16.6. The summed E-state index contributed by atoms with van der Waals surface area (Å²) in [5, 5.41) is 17.5. The van der Waals surface area contributed by atoms with Crippen LogP contribution >= 0.6 is 0 Å². The van der Waals surface area contributed by atoms with Crippen LogP contribution in [-0.4, -0.2) is 66.9 Å². The minimum atomic E-state index is -1.07. The van der Waals surface area contributed by atoms with Gasteiger partial charge in [-0.2, -0.15) is 0 Å². The second kappa shape index (κ2) is 10.1. The first-order valence-electron chi connectivity index (χ1n) is 7.96. The van der Waals surface area contributed by atoms with E-state index in [1.807, 2.05) is 30.3 Å². The number of rotatable bonds is 10.